The molecule has 1 rings (SSSR count). The number of carbonyl (C=O) groups excluding carboxylic acids is 1. The van der Waals surface area contributed by atoms with E-state index >= 15 is 0 Å². The summed E-state index contributed by atoms with van der Waals surface area (Å²) in [7, 11) is 0. The number of amides is 1. The smallest absolute Gasteiger partial charge is 0.226 e. The third-order valence-electron chi connectivity index (χ3n) is 1.48. The Morgan fingerprint density at radius 1 is 1.70 bits per heavy atom. The van der Waals surface area contributed by atoms with E-state index in [1.807, 2.05) is 13.8 Å². The summed E-state index contributed by atoms with van der Waals surface area (Å²) < 4.78 is 12.2. The highest BCUT2D eigenvalue weighted by molar-refractivity contribution is 5.82. The quantitative estimate of drug-likeness (QED) is 0.613. The second-order valence-electron chi connectivity index (χ2n) is 3.02. The molecule has 0 saturated heterocycles. The normalized spacial score (nSPS) is 30.4. The predicted octanol–water partition coefficient (Wildman–Crippen LogP) is 0.869. The maximum Gasteiger partial charge on any atom is 0.226 e. The lowest BCUT2D eigenvalue weighted by atomic mass is 10.3. The SMILES string of the molecule is CC(C)NC(=O)[C@H]1C[C@H]1F. The zero-order chi connectivity index (χ0) is 7.72. The standard InChI is InChI=1S/C7H12FNO/c1-4(2)9-7(10)5-3-6(5)8/h4-6H,3H2,1-2H3,(H,9,10)/t5-,6+/m0/s1. The van der Waals surface area contributed by atoms with Gasteiger partial charge in [0.05, 0.1) is 5.92 Å². The molecule has 1 aliphatic rings. The summed E-state index contributed by atoms with van der Waals surface area (Å²) in [4.78, 5) is 10.9. The van der Waals surface area contributed by atoms with Crippen LogP contribution in [0.25, 0.3) is 0 Å². The summed E-state index contributed by atoms with van der Waals surface area (Å²) in [6.45, 7) is 3.74. The second-order valence-corrected chi connectivity index (χ2v) is 3.02. The third-order valence-corrected chi connectivity index (χ3v) is 1.48. The number of nitrogens with one attached hydrogen (secondary N) is 1. The fourth-order valence-electron chi connectivity index (χ4n) is 0.827. The molecule has 3 heteroatoms. The van der Waals surface area contributed by atoms with Crippen LogP contribution in [-0.4, -0.2) is 18.1 Å². The van der Waals surface area contributed by atoms with Crippen LogP contribution in [0.4, 0.5) is 4.39 Å². The van der Waals surface area contributed by atoms with Gasteiger partial charge in [-0.1, -0.05) is 0 Å². The van der Waals surface area contributed by atoms with Crippen molar-refractivity contribution in [3.05, 3.63) is 0 Å². The lowest BCUT2D eigenvalue weighted by Crippen LogP contribution is -2.31. The van der Waals surface area contributed by atoms with Gasteiger partial charge in [-0.15, -0.1) is 0 Å². The topological polar surface area (TPSA) is 29.1 Å². The monoisotopic (exact) mass is 145 g/mol. The highest BCUT2D eigenvalue weighted by Gasteiger charge is 2.43. The molecule has 2 atom stereocenters. The number of rotatable bonds is 2. The molecule has 1 aliphatic carbocycles. The molecule has 0 aromatic heterocycles. The van der Waals surface area contributed by atoms with E-state index in [-0.39, 0.29) is 17.9 Å². The molecule has 10 heavy (non-hydrogen) atoms. The summed E-state index contributed by atoms with van der Waals surface area (Å²) >= 11 is 0. The largest absolute Gasteiger partial charge is 0.354 e. The Morgan fingerprint density at radius 3 is 2.50 bits per heavy atom. The molecule has 0 radical (unpaired) electrons. The highest BCUT2D eigenvalue weighted by atomic mass is 19.1. The molecule has 1 N–H and O–H groups in total. The first kappa shape index (κ1) is 7.51. The Morgan fingerprint density at radius 2 is 2.20 bits per heavy atom. The third kappa shape index (κ3) is 1.69. The first-order valence-corrected chi connectivity index (χ1v) is 3.55. The first-order valence-electron chi connectivity index (χ1n) is 3.55. The number of halogens is 1. The van der Waals surface area contributed by atoms with Gasteiger partial charge in [0.2, 0.25) is 5.91 Å². The molecule has 0 spiro atoms. The predicted molar refractivity (Wildman–Crippen MR) is 36.3 cm³/mol. The van der Waals surface area contributed by atoms with Crippen LogP contribution in [0, 0.1) is 5.92 Å². The van der Waals surface area contributed by atoms with Crippen molar-refractivity contribution in [3.8, 4) is 0 Å². The van der Waals surface area contributed by atoms with Crippen LogP contribution in [-0.2, 0) is 4.79 Å². The molecule has 1 fully saturated rings. The van der Waals surface area contributed by atoms with E-state index in [9.17, 15) is 9.18 Å². The van der Waals surface area contributed by atoms with Crippen molar-refractivity contribution in [2.75, 3.05) is 0 Å². The van der Waals surface area contributed by atoms with Crippen LogP contribution in [0.15, 0.2) is 0 Å². The van der Waals surface area contributed by atoms with Gasteiger partial charge in [-0.25, -0.2) is 4.39 Å². The van der Waals surface area contributed by atoms with Crippen molar-refractivity contribution >= 4 is 5.91 Å². The van der Waals surface area contributed by atoms with Crippen LogP contribution in [0.5, 0.6) is 0 Å². The fourth-order valence-corrected chi connectivity index (χ4v) is 0.827. The molecule has 0 unspecified atom stereocenters. The minimum absolute atomic E-state index is 0.125. The van der Waals surface area contributed by atoms with E-state index in [4.69, 9.17) is 0 Å². The van der Waals surface area contributed by atoms with Crippen molar-refractivity contribution in [1.82, 2.24) is 5.32 Å². The molecule has 0 bridgehead atoms. The number of alkyl halides is 1. The zero-order valence-electron chi connectivity index (χ0n) is 6.23. The molecule has 0 aromatic rings. The van der Waals surface area contributed by atoms with Gasteiger partial charge in [-0.05, 0) is 20.3 Å². The highest BCUT2D eigenvalue weighted by Crippen LogP contribution is 2.33. The van der Waals surface area contributed by atoms with Crippen molar-refractivity contribution in [2.24, 2.45) is 5.92 Å². The summed E-state index contributed by atoms with van der Waals surface area (Å²) in [6.07, 6.45) is -0.461. The second kappa shape index (κ2) is 2.56. The van der Waals surface area contributed by atoms with Gasteiger partial charge in [0.15, 0.2) is 0 Å². The summed E-state index contributed by atoms with van der Waals surface area (Å²) in [6, 6.07) is 0.125. The van der Waals surface area contributed by atoms with Gasteiger partial charge in [-0.3, -0.25) is 4.79 Å². The van der Waals surface area contributed by atoms with Gasteiger partial charge < -0.3 is 5.32 Å². The number of hydrogen-bond acceptors (Lipinski definition) is 1. The van der Waals surface area contributed by atoms with E-state index in [1.54, 1.807) is 0 Å². The minimum atomic E-state index is -0.876. The van der Waals surface area contributed by atoms with E-state index in [0.717, 1.165) is 0 Å². The summed E-state index contributed by atoms with van der Waals surface area (Å²) in [5, 5.41) is 2.66. The van der Waals surface area contributed by atoms with Gasteiger partial charge >= 0.3 is 0 Å². The van der Waals surface area contributed by atoms with E-state index < -0.39 is 6.17 Å². The number of hydrogen-bond donors (Lipinski definition) is 1. The number of carbonyl (C=O) groups is 1. The van der Waals surface area contributed by atoms with Crippen LogP contribution < -0.4 is 5.32 Å². The van der Waals surface area contributed by atoms with Crippen LogP contribution in [0.3, 0.4) is 0 Å². The Kier molecular flexibility index (Phi) is 1.92. The van der Waals surface area contributed by atoms with E-state index in [1.165, 1.54) is 0 Å². The summed E-state index contributed by atoms with van der Waals surface area (Å²) in [5.74, 6) is -0.482. The maximum absolute atomic E-state index is 12.2. The molecular weight excluding hydrogens is 133 g/mol. The maximum atomic E-state index is 12.2. The lowest BCUT2D eigenvalue weighted by molar-refractivity contribution is -0.123. The van der Waals surface area contributed by atoms with Crippen molar-refractivity contribution in [2.45, 2.75) is 32.5 Å². The van der Waals surface area contributed by atoms with Crippen LogP contribution in [0.2, 0.25) is 0 Å². The molecule has 58 valence electrons. The Bertz CT molecular complexity index is 147. The molecule has 2 nitrogen and oxygen atoms in total. The molecule has 0 aliphatic heterocycles. The van der Waals surface area contributed by atoms with Crippen molar-refractivity contribution < 1.29 is 9.18 Å². The van der Waals surface area contributed by atoms with Gasteiger partial charge in [-0.2, -0.15) is 0 Å². The van der Waals surface area contributed by atoms with Gasteiger partial charge in [0, 0.05) is 6.04 Å². The first-order chi connectivity index (χ1) is 4.61. The average molecular weight is 145 g/mol. The Balaban J connectivity index is 2.23. The van der Waals surface area contributed by atoms with E-state index in [2.05, 4.69) is 5.32 Å². The van der Waals surface area contributed by atoms with Crippen molar-refractivity contribution in [3.63, 3.8) is 0 Å². The van der Waals surface area contributed by atoms with Gasteiger partial charge in [0.1, 0.15) is 6.17 Å². The average Bonchev–Trinajstić information content (AvgIpc) is 2.44. The Labute approximate surface area is 59.8 Å². The van der Waals surface area contributed by atoms with Crippen LogP contribution >= 0.6 is 0 Å². The fraction of sp³-hybridized carbons (Fsp3) is 0.857. The minimum Gasteiger partial charge on any atom is -0.354 e. The van der Waals surface area contributed by atoms with Crippen molar-refractivity contribution in [1.29, 1.82) is 0 Å². The molecule has 0 heterocycles. The molecule has 1 amide bonds. The van der Waals surface area contributed by atoms with E-state index in [0.29, 0.717) is 6.42 Å². The lowest BCUT2D eigenvalue weighted by Gasteiger charge is -2.05. The molecule has 1 saturated carbocycles. The Hall–Kier alpha value is -0.600. The molecular formula is C7H12FNO. The summed E-state index contributed by atoms with van der Waals surface area (Å²) in [5.41, 5.74) is 0. The zero-order valence-corrected chi connectivity index (χ0v) is 6.23. The van der Waals surface area contributed by atoms with Crippen LogP contribution in [0.1, 0.15) is 20.3 Å². The molecule has 0 aromatic carbocycles. The van der Waals surface area contributed by atoms with Gasteiger partial charge in [0.25, 0.3) is 0 Å².